The van der Waals surface area contributed by atoms with Gasteiger partial charge in [0, 0.05) is 41.4 Å². The summed E-state index contributed by atoms with van der Waals surface area (Å²) in [6.07, 6.45) is 0. The molecule has 0 saturated heterocycles. The van der Waals surface area contributed by atoms with Crippen LogP contribution < -0.4 is 9.47 Å². The zero-order chi connectivity index (χ0) is 23.9. The van der Waals surface area contributed by atoms with Crippen molar-refractivity contribution in [1.82, 2.24) is 14.3 Å². The van der Waals surface area contributed by atoms with Crippen LogP contribution in [-0.2, 0) is 16.6 Å². The van der Waals surface area contributed by atoms with Crippen LogP contribution in [0, 0.1) is 27.7 Å². The van der Waals surface area contributed by atoms with Crippen LogP contribution >= 0.6 is 0 Å². The molecule has 1 aliphatic rings. The molecule has 2 aromatic heterocycles. The minimum absolute atomic E-state index is 0.201. The summed E-state index contributed by atoms with van der Waals surface area (Å²) in [7, 11) is 1.69. The average molecular weight is 451 g/mol. The summed E-state index contributed by atoms with van der Waals surface area (Å²) < 4.78 is 19.7. The van der Waals surface area contributed by atoms with Crippen molar-refractivity contribution in [2.45, 2.75) is 27.7 Å². The van der Waals surface area contributed by atoms with Crippen molar-refractivity contribution in [1.29, 1.82) is 0 Å². The fraction of sp³-hybridized carbons (Fsp3) is 0.333. The minimum atomic E-state index is -1.08. The first-order valence-corrected chi connectivity index (χ1v) is 10.5. The summed E-state index contributed by atoms with van der Waals surface area (Å²) in [5.41, 5.74) is 3.95. The van der Waals surface area contributed by atoms with E-state index < -0.39 is 24.1 Å². The van der Waals surface area contributed by atoms with Crippen LogP contribution in [0.2, 0.25) is 0 Å². The molecule has 1 aromatic carbocycles. The number of ketones is 2. The number of ether oxygens (including phenoxy) is 3. The van der Waals surface area contributed by atoms with Crippen LogP contribution in [0.25, 0.3) is 5.69 Å². The van der Waals surface area contributed by atoms with E-state index in [4.69, 9.17) is 14.2 Å². The first kappa shape index (κ1) is 22.3. The second kappa shape index (κ2) is 8.57. The lowest BCUT2D eigenvalue weighted by Crippen LogP contribution is -2.22. The molecular weight excluding hydrogens is 426 g/mol. The normalized spacial score (nSPS) is 12.5. The molecule has 0 N–H and O–H groups in total. The largest absolute Gasteiger partial charge is 0.486 e. The number of esters is 1. The van der Waals surface area contributed by atoms with Crippen molar-refractivity contribution in [3.63, 3.8) is 0 Å². The first-order chi connectivity index (χ1) is 15.7. The van der Waals surface area contributed by atoms with E-state index in [-0.39, 0.29) is 5.56 Å². The molecule has 3 aromatic rings. The van der Waals surface area contributed by atoms with E-state index in [1.165, 1.54) is 4.68 Å². The lowest BCUT2D eigenvalue weighted by molar-refractivity contribution is -0.137. The second-order valence-corrected chi connectivity index (χ2v) is 7.95. The highest BCUT2D eigenvalue weighted by molar-refractivity contribution is 6.41. The molecule has 0 amide bonds. The highest BCUT2D eigenvalue weighted by Crippen LogP contribution is 2.33. The molecule has 4 rings (SSSR count). The molecule has 3 heterocycles. The Bertz CT molecular complexity index is 1280. The van der Waals surface area contributed by atoms with Crippen LogP contribution in [0.4, 0.5) is 0 Å². The van der Waals surface area contributed by atoms with Crippen molar-refractivity contribution in [2.24, 2.45) is 7.05 Å². The Labute approximate surface area is 190 Å². The predicted octanol–water partition coefficient (Wildman–Crippen LogP) is 2.82. The number of hydrogen-bond acceptors (Lipinski definition) is 7. The molecule has 0 bridgehead atoms. The van der Waals surface area contributed by atoms with Crippen molar-refractivity contribution >= 4 is 17.5 Å². The Morgan fingerprint density at radius 1 is 1.00 bits per heavy atom. The van der Waals surface area contributed by atoms with Crippen molar-refractivity contribution in [2.75, 3.05) is 19.8 Å². The molecule has 9 heteroatoms. The van der Waals surface area contributed by atoms with E-state index in [2.05, 4.69) is 5.10 Å². The number of aromatic nitrogens is 3. The van der Waals surface area contributed by atoms with Gasteiger partial charge in [-0.25, -0.2) is 4.79 Å². The molecule has 0 atom stereocenters. The summed E-state index contributed by atoms with van der Waals surface area (Å²) >= 11 is 0. The van der Waals surface area contributed by atoms with E-state index in [9.17, 15) is 14.4 Å². The molecule has 0 saturated carbocycles. The molecule has 1 aliphatic heterocycles. The molecule has 0 unspecified atom stereocenters. The van der Waals surface area contributed by atoms with E-state index in [0.29, 0.717) is 47.4 Å². The van der Waals surface area contributed by atoms with Gasteiger partial charge in [-0.05, 0) is 45.9 Å². The maximum atomic E-state index is 12.8. The first-order valence-electron chi connectivity index (χ1n) is 10.5. The number of carbonyl (C=O) groups is 3. The Hall–Kier alpha value is -3.88. The molecule has 172 valence electrons. The molecule has 9 nitrogen and oxygen atoms in total. The maximum absolute atomic E-state index is 12.8. The van der Waals surface area contributed by atoms with Gasteiger partial charge >= 0.3 is 5.97 Å². The van der Waals surface area contributed by atoms with Crippen molar-refractivity contribution in [3.8, 4) is 17.2 Å². The summed E-state index contributed by atoms with van der Waals surface area (Å²) in [6.45, 7) is 7.48. The summed E-state index contributed by atoms with van der Waals surface area (Å²) in [4.78, 5) is 37.7. The predicted molar refractivity (Wildman–Crippen MR) is 119 cm³/mol. The third-order valence-electron chi connectivity index (χ3n) is 5.77. The van der Waals surface area contributed by atoms with E-state index in [1.807, 2.05) is 36.6 Å². The van der Waals surface area contributed by atoms with Crippen molar-refractivity contribution in [3.05, 3.63) is 58.2 Å². The fourth-order valence-corrected chi connectivity index (χ4v) is 4.09. The number of aryl methyl sites for hydroxylation is 3. The molecular formula is C24H25N3O6. The number of hydrogen-bond donors (Lipinski definition) is 0. The minimum Gasteiger partial charge on any atom is -0.486 e. The topological polar surface area (TPSA) is 102 Å². The third kappa shape index (κ3) is 4.02. The molecule has 0 aliphatic carbocycles. The Balaban J connectivity index is 1.50. The van der Waals surface area contributed by atoms with Gasteiger partial charge in [-0.15, -0.1) is 0 Å². The number of benzene rings is 1. The van der Waals surface area contributed by atoms with Crippen LogP contribution in [0.5, 0.6) is 11.5 Å². The highest BCUT2D eigenvalue weighted by Gasteiger charge is 2.27. The smallest absolute Gasteiger partial charge is 0.380 e. The van der Waals surface area contributed by atoms with E-state index in [1.54, 1.807) is 27.0 Å². The summed E-state index contributed by atoms with van der Waals surface area (Å²) in [5.74, 6) is -0.962. The average Bonchev–Trinajstić information content (AvgIpc) is 3.24. The highest BCUT2D eigenvalue weighted by atomic mass is 16.6. The van der Waals surface area contributed by atoms with E-state index in [0.717, 1.165) is 11.4 Å². The van der Waals surface area contributed by atoms with Crippen LogP contribution in [0.15, 0.2) is 24.3 Å². The van der Waals surface area contributed by atoms with Gasteiger partial charge in [0.2, 0.25) is 5.78 Å². The molecule has 33 heavy (non-hydrogen) atoms. The number of carbonyl (C=O) groups excluding carboxylic acids is 3. The zero-order valence-corrected chi connectivity index (χ0v) is 19.2. The Morgan fingerprint density at radius 3 is 2.36 bits per heavy atom. The van der Waals surface area contributed by atoms with Gasteiger partial charge in [-0.1, -0.05) is 0 Å². The van der Waals surface area contributed by atoms with E-state index >= 15 is 0 Å². The summed E-state index contributed by atoms with van der Waals surface area (Å²) in [6, 6.07) is 7.32. The van der Waals surface area contributed by atoms with Gasteiger partial charge < -0.3 is 18.8 Å². The lowest BCUT2D eigenvalue weighted by Gasteiger charge is -2.20. The van der Waals surface area contributed by atoms with Crippen LogP contribution in [0.3, 0.4) is 0 Å². The Morgan fingerprint density at radius 2 is 1.70 bits per heavy atom. The zero-order valence-electron chi connectivity index (χ0n) is 19.2. The van der Waals surface area contributed by atoms with Gasteiger partial charge in [-0.2, -0.15) is 5.10 Å². The second-order valence-electron chi connectivity index (χ2n) is 7.95. The van der Waals surface area contributed by atoms with Gasteiger partial charge in [0.1, 0.15) is 13.2 Å². The maximum Gasteiger partial charge on any atom is 0.380 e. The van der Waals surface area contributed by atoms with Crippen LogP contribution in [-0.4, -0.2) is 51.7 Å². The summed E-state index contributed by atoms with van der Waals surface area (Å²) in [5, 5.41) is 4.14. The fourth-order valence-electron chi connectivity index (χ4n) is 4.09. The standard InChI is InChI=1S/C24H25N3O6/c1-13-10-18(15(3)27(13)17-6-7-20-21(11-17)32-9-8-31-20)19(28)12-33-24(30)23(29)22-14(2)25-26(5)16(22)4/h6-7,10-11H,8-9,12H2,1-5H3. The molecule has 0 spiro atoms. The Kier molecular flexibility index (Phi) is 5.80. The van der Waals surface area contributed by atoms with Crippen molar-refractivity contribution < 1.29 is 28.6 Å². The van der Waals surface area contributed by atoms with Gasteiger partial charge in [0.25, 0.3) is 5.78 Å². The van der Waals surface area contributed by atoms with Gasteiger partial charge in [0.15, 0.2) is 18.1 Å². The number of rotatable bonds is 6. The van der Waals surface area contributed by atoms with Crippen LogP contribution in [0.1, 0.15) is 43.5 Å². The van der Waals surface area contributed by atoms with Gasteiger partial charge in [-0.3, -0.25) is 14.3 Å². The SMILES string of the molecule is Cc1nn(C)c(C)c1C(=O)C(=O)OCC(=O)c1cc(C)n(-c2ccc3c(c2)OCCO3)c1C. The third-order valence-corrected chi connectivity index (χ3v) is 5.77. The quantitative estimate of drug-likeness (QED) is 0.323. The number of fused-ring (bicyclic) bond motifs is 1. The number of Topliss-reactive ketones (excluding diaryl/α,β-unsaturated/α-hetero) is 2. The molecule has 0 fully saturated rings. The van der Waals surface area contributed by atoms with Gasteiger partial charge in [0.05, 0.1) is 11.3 Å². The lowest BCUT2D eigenvalue weighted by atomic mass is 10.1. The monoisotopic (exact) mass is 451 g/mol. The number of nitrogens with zero attached hydrogens (tertiary/aromatic N) is 3. The molecule has 0 radical (unpaired) electrons.